The standard InChI is InChI=1S/C23H35IN4O3/c1-6-28(13-22(2,3)15-31-16-23(4,5)14-29)10-9-25-21(30)20-12-26-19-11-17(24)7-8-18(19)27-20/h7-8,11-12,29H,6,9-10,13-16H2,1-5H3,(H,25,30). The molecule has 0 unspecified atom stereocenters. The summed E-state index contributed by atoms with van der Waals surface area (Å²) in [5.41, 5.74) is 1.57. The van der Waals surface area contributed by atoms with Crippen LogP contribution in [0.5, 0.6) is 0 Å². The summed E-state index contributed by atoms with van der Waals surface area (Å²) in [4.78, 5) is 23.6. The Bertz CT molecular complexity index is 873. The minimum absolute atomic E-state index is 0.0348. The number of hydrogen-bond donors (Lipinski definition) is 2. The van der Waals surface area contributed by atoms with E-state index in [-0.39, 0.29) is 23.3 Å². The number of rotatable bonds is 12. The maximum atomic E-state index is 12.5. The number of fused-ring (bicyclic) bond motifs is 1. The fourth-order valence-electron chi connectivity index (χ4n) is 3.16. The maximum absolute atomic E-state index is 12.5. The van der Waals surface area contributed by atoms with E-state index in [1.165, 1.54) is 6.20 Å². The van der Waals surface area contributed by atoms with E-state index < -0.39 is 0 Å². The van der Waals surface area contributed by atoms with Gasteiger partial charge < -0.3 is 20.1 Å². The highest BCUT2D eigenvalue weighted by Gasteiger charge is 2.24. The van der Waals surface area contributed by atoms with E-state index in [4.69, 9.17) is 4.74 Å². The first-order valence-electron chi connectivity index (χ1n) is 10.7. The van der Waals surface area contributed by atoms with Crippen molar-refractivity contribution in [3.63, 3.8) is 0 Å². The zero-order chi connectivity index (χ0) is 23.1. The van der Waals surface area contributed by atoms with Crippen LogP contribution in [0, 0.1) is 14.4 Å². The van der Waals surface area contributed by atoms with Gasteiger partial charge in [-0.1, -0.05) is 34.6 Å². The summed E-state index contributed by atoms with van der Waals surface area (Å²) >= 11 is 2.23. The molecule has 1 amide bonds. The third kappa shape index (κ3) is 8.59. The zero-order valence-electron chi connectivity index (χ0n) is 19.2. The number of aliphatic hydroxyl groups excluding tert-OH is 1. The van der Waals surface area contributed by atoms with Crippen LogP contribution in [0.25, 0.3) is 11.0 Å². The molecule has 0 saturated heterocycles. The van der Waals surface area contributed by atoms with Gasteiger partial charge in [0.05, 0.1) is 37.1 Å². The number of halogens is 1. The highest BCUT2D eigenvalue weighted by atomic mass is 127. The molecule has 31 heavy (non-hydrogen) atoms. The van der Waals surface area contributed by atoms with Crippen LogP contribution in [-0.2, 0) is 4.74 Å². The van der Waals surface area contributed by atoms with E-state index >= 15 is 0 Å². The molecule has 0 atom stereocenters. The van der Waals surface area contributed by atoms with Crippen LogP contribution in [0.15, 0.2) is 24.4 Å². The molecule has 1 aromatic heterocycles. The molecule has 2 aromatic rings. The summed E-state index contributed by atoms with van der Waals surface area (Å²) in [5.74, 6) is -0.210. The summed E-state index contributed by atoms with van der Waals surface area (Å²) in [6, 6.07) is 5.78. The third-order valence-corrected chi connectivity index (χ3v) is 5.63. The van der Waals surface area contributed by atoms with Crippen molar-refractivity contribution < 1.29 is 14.6 Å². The number of amides is 1. The molecule has 0 aliphatic rings. The zero-order valence-corrected chi connectivity index (χ0v) is 21.4. The average molecular weight is 542 g/mol. The van der Waals surface area contributed by atoms with E-state index in [0.717, 1.165) is 34.2 Å². The molecule has 1 heterocycles. The lowest BCUT2D eigenvalue weighted by molar-refractivity contribution is -0.0142. The van der Waals surface area contributed by atoms with Crippen molar-refractivity contribution in [3.8, 4) is 0 Å². The molecule has 0 saturated carbocycles. The molecule has 0 aliphatic heterocycles. The normalized spacial score (nSPS) is 12.5. The molecular weight excluding hydrogens is 507 g/mol. The van der Waals surface area contributed by atoms with Gasteiger partial charge in [0.2, 0.25) is 0 Å². The largest absolute Gasteiger partial charge is 0.396 e. The molecule has 0 fully saturated rings. The molecule has 7 nitrogen and oxygen atoms in total. The minimum Gasteiger partial charge on any atom is -0.396 e. The molecule has 8 heteroatoms. The smallest absolute Gasteiger partial charge is 0.271 e. The first-order chi connectivity index (χ1) is 14.5. The van der Waals surface area contributed by atoms with Crippen LogP contribution >= 0.6 is 22.6 Å². The molecule has 0 bridgehead atoms. The number of aromatic nitrogens is 2. The van der Waals surface area contributed by atoms with Gasteiger partial charge in [0, 0.05) is 34.0 Å². The average Bonchev–Trinajstić information content (AvgIpc) is 2.72. The fourth-order valence-corrected chi connectivity index (χ4v) is 3.64. The van der Waals surface area contributed by atoms with Crippen LogP contribution in [0.4, 0.5) is 0 Å². The summed E-state index contributed by atoms with van der Waals surface area (Å²) in [6.07, 6.45) is 1.53. The highest BCUT2D eigenvalue weighted by molar-refractivity contribution is 14.1. The lowest BCUT2D eigenvalue weighted by Crippen LogP contribution is -2.41. The number of aliphatic hydroxyl groups is 1. The maximum Gasteiger partial charge on any atom is 0.271 e. The van der Waals surface area contributed by atoms with Crippen LogP contribution in [0.2, 0.25) is 0 Å². The molecule has 0 aliphatic carbocycles. The number of carbonyl (C=O) groups is 1. The number of benzene rings is 1. The van der Waals surface area contributed by atoms with E-state index in [1.54, 1.807) is 0 Å². The van der Waals surface area contributed by atoms with E-state index in [1.807, 2.05) is 32.0 Å². The molecule has 1 aromatic carbocycles. The lowest BCUT2D eigenvalue weighted by atomic mass is 9.93. The lowest BCUT2D eigenvalue weighted by Gasteiger charge is -2.33. The van der Waals surface area contributed by atoms with Crippen molar-refractivity contribution >= 4 is 39.5 Å². The summed E-state index contributed by atoms with van der Waals surface area (Å²) in [7, 11) is 0. The van der Waals surface area contributed by atoms with Crippen molar-refractivity contribution in [2.45, 2.75) is 34.6 Å². The molecule has 0 spiro atoms. The van der Waals surface area contributed by atoms with Crippen molar-refractivity contribution in [1.82, 2.24) is 20.2 Å². The monoisotopic (exact) mass is 542 g/mol. The van der Waals surface area contributed by atoms with Gasteiger partial charge >= 0.3 is 0 Å². The van der Waals surface area contributed by atoms with E-state index in [2.05, 4.69) is 63.5 Å². The Balaban J connectivity index is 1.82. The predicted molar refractivity (Wildman–Crippen MR) is 132 cm³/mol. The predicted octanol–water partition coefficient (Wildman–Crippen LogP) is 3.35. The number of nitrogens with zero attached hydrogens (tertiary/aromatic N) is 3. The molecule has 2 N–H and O–H groups in total. The van der Waals surface area contributed by atoms with E-state index in [9.17, 15) is 9.90 Å². The second-order valence-corrected chi connectivity index (χ2v) is 10.7. The summed E-state index contributed by atoms with van der Waals surface area (Å²) in [5, 5.41) is 12.3. The van der Waals surface area contributed by atoms with Crippen molar-refractivity contribution in [2.75, 3.05) is 46.0 Å². The quantitative estimate of drug-likeness (QED) is 0.400. The molecule has 0 radical (unpaired) electrons. The molecule has 172 valence electrons. The third-order valence-electron chi connectivity index (χ3n) is 4.96. The second-order valence-electron chi connectivity index (χ2n) is 9.49. The number of hydrogen-bond acceptors (Lipinski definition) is 6. The first-order valence-corrected chi connectivity index (χ1v) is 11.7. The van der Waals surface area contributed by atoms with Crippen molar-refractivity contribution in [3.05, 3.63) is 33.7 Å². The van der Waals surface area contributed by atoms with Crippen molar-refractivity contribution in [1.29, 1.82) is 0 Å². The van der Waals surface area contributed by atoms with Gasteiger partial charge in [-0.25, -0.2) is 4.98 Å². The van der Waals surface area contributed by atoms with Crippen LogP contribution < -0.4 is 5.32 Å². The summed E-state index contributed by atoms with van der Waals surface area (Å²) < 4.78 is 6.96. The van der Waals surface area contributed by atoms with Gasteiger partial charge in [0.1, 0.15) is 5.69 Å². The van der Waals surface area contributed by atoms with Crippen molar-refractivity contribution in [2.24, 2.45) is 10.8 Å². The Morgan fingerprint density at radius 1 is 1.19 bits per heavy atom. The first kappa shape index (κ1) is 25.9. The Kier molecular flexibility index (Phi) is 9.60. The van der Waals surface area contributed by atoms with Gasteiger partial charge in [-0.15, -0.1) is 0 Å². The Hall–Kier alpha value is -1.36. The number of carbonyl (C=O) groups excluding carboxylic acids is 1. The second kappa shape index (κ2) is 11.5. The highest BCUT2D eigenvalue weighted by Crippen LogP contribution is 2.20. The number of ether oxygens (including phenoxy) is 1. The number of nitrogens with one attached hydrogen (secondary N) is 1. The van der Waals surface area contributed by atoms with Gasteiger partial charge in [0.15, 0.2) is 0 Å². The fraction of sp³-hybridized carbons (Fsp3) is 0.609. The van der Waals surface area contributed by atoms with Gasteiger partial charge in [-0.05, 0) is 47.3 Å². The van der Waals surface area contributed by atoms with Gasteiger partial charge in [-0.2, -0.15) is 0 Å². The van der Waals surface area contributed by atoms with Crippen LogP contribution in [0.1, 0.15) is 45.1 Å². The number of likely N-dealkylation sites (N-methyl/N-ethyl adjacent to an activating group) is 1. The Labute approximate surface area is 199 Å². The molecular formula is C23H35IN4O3. The minimum atomic E-state index is -0.227. The van der Waals surface area contributed by atoms with Gasteiger partial charge in [-0.3, -0.25) is 9.78 Å². The topological polar surface area (TPSA) is 87.6 Å². The van der Waals surface area contributed by atoms with E-state index in [0.29, 0.717) is 25.5 Å². The van der Waals surface area contributed by atoms with Crippen LogP contribution in [0.3, 0.4) is 0 Å². The van der Waals surface area contributed by atoms with Crippen LogP contribution in [-0.4, -0.2) is 71.9 Å². The Morgan fingerprint density at radius 2 is 1.90 bits per heavy atom. The SMILES string of the molecule is CCN(CCNC(=O)c1cnc2cc(I)ccc2n1)CC(C)(C)COCC(C)(C)CO. The summed E-state index contributed by atoms with van der Waals surface area (Å²) in [6.45, 7) is 14.7. The van der Waals surface area contributed by atoms with Gasteiger partial charge in [0.25, 0.3) is 5.91 Å². The Morgan fingerprint density at radius 3 is 2.58 bits per heavy atom. The molecule has 2 rings (SSSR count).